The highest BCUT2D eigenvalue weighted by molar-refractivity contribution is 5.83. The molecule has 4 heterocycles. The number of pyridine rings is 1. The first kappa shape index (κ1) is 23.2. The fourth-order valence-electron chi connectivity index (χ4n) is 4.55. The summed E-state index contributed by atoms with van der Waals surface area (Å²) in [4.78, 5) is 27.2. The summed E-state index contributed by atoms with van der Waals surface area (Å²) in [7, 11) is 0. The third-order valence-corrected chi connectivity index (χ3v) is 6.48. The zero-order valence-corrected chi connectivity index (χ0v) is 19.6. The van der Waals surface area contributed by atoms with Crippen molar-refractivity contribution in [1.29, 1.82) is 5.41 Å². The molecular formula is C26H30N6O3. The first-order valence-corrected chi connectivity index (χ1v) is 12.1. The van der Waals surface area contributed by atoms with Gasteiger partial charge in [0.2, 0.25) is 0 Å². The third-order valence-electron chi connectivity index (χ3n) is 6.48. The van der Waals surface area contributed by atoms with Crippen molar-refractivity contribution in [2.75, 3.05) is 49.7 Å². The maximum absolute atomic E-state index is 12.7. The Kier molecular flexibility index (Phi) is 7.15. The van der Waals surface area contributed by atoms with E-state index < -0.39 is 0 Å². The Morgan fingerprint density at radius 2 is 1.86 bits per heavy atom. The Morgan fingerprint density at radius 3 is 2.60 bits per heavy atom. The SMILES string of the molecule is N=Cc1c(NC2CCOCC2)nc(Cc2ccccc2-c2ccc(N3CCOCC3)nc2)[nH]c1=O. The van der Waals surface area contributed by atoms with E-state index in [1.807, 2.05) is 30.5 Å². The average Bonchev–Trinajstić information content (AvgIpc) is 2.90. The van der Waals surface area contributed by atoms with Gasteiger partial charge in [0.25, 0.3) is 5.56 Å². The molecular weight excluding hydrogens is 444 g/mol. The second-order valence-electron chi connectivity index (χ2n) is 8.79. The summed E-state index contributed by atoms with van der Waals surface area (Å²) in [5.41, 5.74) is 3.03. The standard InChI is InChI=1S/C26H30N6O3/c27-16-22-25(29-20-7-11-34-12-8-20)30-23(31-26(22)33)15-18-3-1-2-4-21(18)19-5-6-24(28-17-19)32-9-13-35-14-10-32/h1-6,16-17,20,27H,7-15H2,(H2,29,30,31,33). The molecule has 0 bridgehead atoms. The van der Waals surface area contributed by atoms with Crippen molar-refractivity contribution >= 4 is 17.9 Å². The number of aromatic nitrogens is 3. The quantitative estimate of drug-likeness (QED) is 0.451. The number of H-pyrrole nitrogens is 1. The Bertz CT molecular complexity index is 1210. The molecule has 0 atom stereocenters. The third kappa shape index (κ3) is 5.41. The molecule has 2 aliphatic heterocycles. The number of aromatic amines is 1. The van der Waals surface area contributed by atoms with Crippen molar-refractivity contribution < 1.29 is 9.47 Å². The van der Waals surface area contributed by atoms with Crippen LogP contribution in [0.1, 0.15) is 29.8 Å². The van der Waals surface area contributed by atoms with Gasteiger partial charge >= 0.3 is 0 Å². The van der Waals surface area contributed by atoms with Gasteiger partial charge in [0.15, 0.2) is 0 Å². The summed E-state index contributed by atoms with van der Waals surface area (Å²) in [6.45, 7) is 4.49. The Labute approximate surface area is 204 Å². The van der Waals surface area contributed by atoms with E-state index in [1.54, 1.807) is 0 Å². The van der Waals surface area contributed by atoms with Gasteiger partial charge in [-0.3, -0.25) is 4.79 Å². The van der Waals surface area contributed by atoms with Crippen LogP contribution in [0.5, 0.6) is 0 Å². The smallest absolute Gasteiger partial charge is 0.261 e. The van der Waals surface area contributed by atoms with Gasteiger partial charge < -0.3 is 30.1 Å². The molecule has 0 spiro atoms. The average molecular weight is 475 g/mol. The molecule has 2 aliphatic rings. The van der Waals surface area contributed by atoms with Crippen molar-refractivity contribution in [2.24, 2.45) is 0 Å². The number of nitrogens with zero attached hydrogens (tertiary/aromatic N) is 3. The summed E-state index contributed by atoms with van der Waals surface area (Å²) >= 11 is 0. The van der Waals surface area contributed by atoms with Crippen LogP contribution in [-0.4, -0.2) is 66.7 Å². The van der Waals surface area contributed by atoms with E-state index in [9.17, 15) is 4.79 Å². The van der Waals surface area contributed by atoms with Crippen molar-refractivity contribution in [3.05, 3.63) is 69.9 Å². The van der Waals surface area contributed by atoms with Crippen LogP contribution in [-0.2, 0) is 15.9 Å². The van der Waals surface area contributed by atoms with Crippen molar-refractivity contribution in [3.63, 3.8) is 0 Å². The lowest BCUT2D eigenvalue weighted by molar-refractivity contribution is 0.0904. The van der Waals surface area contributed by atoms with Crippen LogP contribution in [0.15, 0.2) is 47.4 Å². The summed E-state index contributed by atoms with van der Waals surface area (Å²) in [5, 5.41) is 11.1. The topological polar surface area (TPSA) is 116 Å². The number of hydrogen-bond donors (Lipinski definition) is 3. The Balaban J connectivity index is 1.40. The molecule has 9 heteroatoms. The zero-order chi connectivity index (χ0) is 24.0. The maximum Gasteiger partial charge on any atom is 0.261 e. The number of anilines is 2. The lowest BCUT2D eigenvalue weighted by atomic mass is 9.98. The largest absolute Gasteiger partial charge is 0.381 e. The molecule has 182 valence electrons. The minimum Gasteiger partial charge on any atom is -0.381 e. The lowest BCUT2D eigenvalue weighted by Crippen LogP contribution is -2.36. The van der Waals surface area contributed by atoms with E-state index >= 15 is 0 Å². The highest BCUT2D eigenvalue weighted by Gasteiger charge is 2.18. The summed E-state index contributed by atoms with van der Waals surface area (Å²) in [5.74, 6) is 1.96. The van der Waals surface area contributed by atoms with Gasteiger partial charge in [-0.15, -0.1) is 0 Å². The summed E-state index contributed by atoms with van der Waals surface area (Å²) < 4.78 is 10.9. The Morgan fingerprint density at radius 1 is 1.09 bits per heavy atom. The molecule has 0 aliphatic carbocycles. The van der Waals surface area contributed by atoms with E-state index in [1.165, 1.54) is 0 Å². The fraction of sp³-hybridized carbons (Fsp3) is 0.385. The normalized spacial score (nSPS) is 16.7. The molecule has 2 saturated heterocycles. The van der Waals surface area contributed by atoms with Gasteiger partial charge in [-0.05, 0) is 36.1 Å². The van der Waals surface area contributed by atoms with Crippen LogP contribution in [0.3, 0.4) is 0 Å². The maximum atomic E-state index is 12.7. The molecule has 9 nitrogen and oxygen atoms in total. The van der Waals surface area contributed by atoms with Crippen LogP contribution < -0.4 is 15.8 Å². The molecule has 0 saturated carbocycles. The number of morpholine rings is 1. The van der Waals surface area contributed by atoms with E-state index in [0.29, 0.717) is 31.3 Å². The first-order valence-electron chi connectivity index (χ1n) is 12.1. The molecule has 2 aromatic heterocycles. The van der Waals surface area contributed by atoms with Crippen LogP contribution >= 0.6 is 0 Å². The fourth-order valence-corrected chi connectivity index (χ4v) is 4.55. The van der Waals surface area contributed by atoms with Crippen LogP contribution in [0.25, 0.3) is 11.1 Å². The summed E-state index contributed by atoms with van der Waals surface area (Å²) in [6, 6.07) is 12.4. The van der Waals surface area contributed by atoms with E-state index in [-0.39, 0.29) is 17.2 Å². The number of hydrogen-bond acceptors (Lipinski definition) is 8. The van der Waals surface area contributed by atoms with Gasteiger partial charge in [0.05, 0.1) is 18.8 Å². The van der Waals surface area contributed by atoms with Gasteiger partial charge in [-0.2, -0.15) is 0 Å². The molecule has 3 aromatic rings. The van der Waals surface area contributed by atoms with E-state index in [2.05, 4.69) is 27.3 Å². The molecule has 0 amide bonds. The molecule has 3 N–H and O–H groups in total. The van der Waals surface area contributed by atoms with Gasteiger partial charge in [0.1, 0.15) is 17.5 Å². The minimum absolute atomic E-state index is 0.174. The zero-order valence-electron chi connectivity index (χ0n) is 19.6. The summed E-state index contributed by atoms with van der Waals surface area (Å²) in [6.07, 6.45) is 5.11. The number of rotatable bonds is 7. The lowest BCUT2D eigenvalue weighted by Gasteiger charge is -2.27. The molecule has 35 heavy (non-hydrogen) atoms. The number of ether oxygens (including phenoxy) is 2. The highest BCUT2D eigenvalue weighted by atomic mass is 16.5. The molecule has 0 radical (unpaired) electrons. The molecule has 1 aromatic carbocycles. The van der Waals surface area contributed by atoms with Crippen molar-refractivity contribution in [1.82, 2.24) is 15.0 Å². The van der Waals surface area contributed by atoms with Crippen LogP contribution in [0.2, 0.25) is 0 Å². The second kappa shape index (κ2) is 10.8. The number of benzene rings is 1. The van der Waals surface area contributed by atoms with Gasteiger partial charge in [0, 0.05) is 56.7 Å². The molecule has 5 rings (SSSR count). The van der Waals surface area contributed by atoms with Crippen LogP contribution in [0, 0.1) is 5.41 Å². The molecule has 2 fully saturated rings. The predicted molar refractivity (Wildman–Crippen MR) is 136 cm³/mol. The van der Waals surface area contributed by atoms with Crippen molar-refractivity contribution in [2.45, 2.75) is 25.3 Å². The second-order valence-corrected chi connectivity index (χ2v) is 8.79. The Hall–Kier alpha value is -3.56. The highest BCUT2D eigenvalue weighted by Crippen LogP contribution is 2.26. The first-order chi connectivity index (χ1) is 17.2. The van der Waals surface area contributed by atoms with Gasteiger partial charge in [-0.1, -0.05) is 24.3 Å². The predicted octanol–water partition coefficient (Wildman–Crippen LogP) is 2.85. The monoisotopic (exact) mass is 474 g/mol. The number of nitrogens with one attached hydrogen (secondary N) is 3. The van der Waals surface area contributed by atoms with Crippen LogP contribution in [0.4, 0.5) is 11.6 Å². The van der Waals surface area contributed by atoms with E-state index in [0.717, 1.165) is 67.9 Å². The van der Waals surface area contributed by atoms with Crippen molar-refractivity contribution in [3.8, 4) is 11.1 Å². The molecule has 0 unspecified atom stereocenters. The van der Waals surface area contributed by atoms with E-state index in [4.69, 9.17) is 24.9 Å². The van der Waals surface area contributed by atoms with Gasteiger partial charge in [-0.25, -0.2) is 9.97 Å². The minimum atomic E-state index is -0.312.